The van der Waals surface area contributed by atoms with Gasteiger partial charge in [0.05, 0.1) is 12.3 Å². The number of likely N-dealkylation sites (tertiary alicyclic amines) is 1. The Balaban J connectivity index is 1.40. The Morgan fingerprint density at radius 2 is 1.93 bits per heavy atom. The van der Waals surface area contributed by atoms with Gasteiger partial charge < -0.3 is 10.4 Å². The Bertz CT molecular complexity index is 913. The number of aliphatic hydroxyl groups is 1. The van der Waals surface area contributed by atoms with E-state index in [9.17, 15) is 9.50 Å². The van der Waals surface area contributed by atoms with E-state index in [1.807, 2.05) is 36.1 Å². The zero-order valence-corrected chi connectivity index (χ0v) is 16.6. The average molecular weight is 394 g/mol. The van der Waals surface area contributed by atoms with Crippen molar-refractivity contribution in [3.63, 3.8) is 0 Å². The molecule has 152 valence electrons. The lowest BCUT2D eigenvalue weighted by molar-refractivity contribution is 0.151. The number of hydrogen-bond donors (Lipinski definition) is 2. The average Bonchev–Trinajstić information content (AvgIpc) is 3.38. The van der Waals surface area contributed by atoms with Crippen LogP contribution in [0.25, 0.3) is 5.69 Å². The topological polar surface area (TPSA) is 53.3 Å². The number of likely N-dealkylation sites (N-methyl/N-ethyl adjacent to an activating group) is 1. The molecule has 4 rings (SSSR count). The van der Waals surface area contributed by atoms with Crippen molar-refractivity contribution in [2.75, 3.05) is 20.2 Å². The molecule has 6 heteroatoms. The fraction of sp³-hybridized carbons (Fsp3) is 0.348. The minimum atomic E-state index is -0.179. The Morgan fingerprint density at radius 1 is 1.14 bits per heavy atom. The molecule has 0 saturated carbocycles. The van der Waals surface area contributed by atoms with Crippen molar-refractivity contribution in [2.45, 2.75) is 25.0 Å². The number of hydrogen-bond acceptors (Lipinski definition) is 4. The van der Waals surface area contributed by atoms with Crippen LogP contribution >= 0.6 is 0 Å². The van der Waals surface area contributed by atoms with Crippen molar-refractivity contribution >= 4 is 0 Å². The van der Waals surface area contributed by atoms with Gasteiger partial charge in [-0.2, -0.15) is 5.10 Å². The highest BCUT2D eigenvalue weighted by atomic mass is 19.1. The first-order valence-electron chi connectivity index (χ1n) is 10.0. The summed E-state index contributed by atoms with van der Waals surface area (Å²) < 4.78 is 16.3. The molecule has 0 spiro atoms. The van der Waals surface area contributed by atoms with Crippen LogP contribution in [0.5, 0.6) is 0 Å². The molecule has 2 N–H and O–H groups in total. The zero-order chi connectivity index (χ0) is 20.2. The third kappa shape index (κ3) is 4.24. The summed E-state index contributed by atoms with van der Waals surface area (Å²) in [5, 5.41) is 17.5. The van der Waals surface area contributed by atoms with E-state index in [2.05, 4.69) is 39.6 Å². The number of aliphatic hydroxyl groups excluding tert-OH is 1. The van der Waals surface area contributed by atoms with Crippen molar-refractivity contribution < 1.29 is 9.50 Å². The maximum absolute atomic E-state index is 14.4. The molecule has 1 aromatic heterocycles. The molecule has 29 heavy (non-hydrogen) atoms. The quantitative estimate of drug-likeness (QED) is 0.646. The first-order valence-corrected chi connectivity index (χ1v) is 10.0. The molecule has 0 bridgehead atoms. The van der Waals surface area contributed by atoms with E-state index in [-0.39, 0.29) is 30.4 Å². The smallest absolute Gasteiger partial charge is 0.127 e. The number of nitrogens with zero attached hydrogens (tertiary/aromatic N) is 3. The molecule has 1 saturated heterocycles. The van der Waals surface area contributed by atoms with Gasteiger partial charge in [-0.05, 0) is 49.2 Å². The maximum atomic E-state index is 14.4. The first-order chi connectivity index (χ1) is 14.2. The molecular weight excluding hydrogens is 367 g/mol. The molecule has 5 nitrogen and oxygen atoms in total. The number of halogens is 1. The molecule has 3 atom stereocenters. The fourth-order valence-corrected chi connectivity index (χ4v) is 4.38. The summed E-state index contributed by atoms with van der Waals surface area (Å²) >= 11 is 0. The number of benzene rings is 2. The molecular formula is C23H27FN4O. The molecule has 3 aromatic rings. The van der Waals surface area contributed by atoms with E-state index < -0.39 is 0 Å². The fourth-order valence-electron chi connectivity index (χ4n) is 4.38. The van der Waals surface area contributed by atoms with Gasteiger partial charge in [0.2, 0.25) is 0 Å². The van der Waals surface area contributed by atoms with Crippen LogP contribution in [0.4, 0.5) is 4.39 Å². The monoisotopic (exact) mass is 394 g/mol. The Kier molecular flexibility index (Phi) is 6.04. The summed E-state index contributed by atoms with van der Waals surface area (Å²) in [4.78, 5) is 2.11. The Morgan fingerprint density at radius 3 is 2.62 bits per heavy atom. The standard InChI is InChI=1S/C23H27FN4O/c1-27-20(16-29)13-18(23(27)21-5-2-3-6-22(21)24)15-25-14-17-7-9-19(10-8-17)28-12-4-11-26-28/h2-12,18,20,23,25,29H,13-16H2,1H3/t18-,20+,23-/m1/s1. The second kappa shape index (κ2) is 8.86. The molecule has 1 fully saturated rings. The van der Waals surface area contributed by atoms with Gasteiger partial charge in [-0.25, -0.2) is 9.07 Å². The van der Waals surface area contributed by atoms with Crippen molar-refractivity contribution in [3.8, 4) is 5.69 Å². The lowest BCUT2D eigenvalue weighted by atomic mass is 9.92. The zero-order valence-electron chi connectivity index (χ0n) is 16.6. The van der Waals surface area contributed by atoms with Gasteiger partial charge >= 0.3 is 0 Å². The molecule has 1 aliphatic heterocycles. The second-order valence-electron chi connectivity index (χ2n) is 7.71. The summed E-state index contributed by atoms with van der Waals surface area (Å²) in [5.74, 6) is 0.0551. The van der Waals surface area contributed by atoms with Crippen LogP contribution in [0.1, 0.15) is 23.6 Å². The van der Waals surface area contributed by atoms with Gasteiger partial charge in [0.1, 0.15) is 5.82 Å². The molecule has 0 unspecified atom stereocenters. The molecule has 0 amide bonds. The van der Waals surface area contributed by atoms with Gasteiger partial charge in [0, 0.05) is 43.1 Å². The lowest BCUT2D eigenvalue weighted by Crippen LogP contribution is -2.32. The van der Waals surface area contributed by atoms with Crippen LogP contribution in [-0.2, 0) is 6.54 Å². The summed E-state index contributed by atoms with van der Waals surface area (Å²) in [7, 11) is 1.98. The SMILES string of the molecule is CN1[C@H](CO)C[C@H](CNCc2ccc(-n3cccn3)cc2)[C@@H]1c1ccccc1F. The largest absolute Gasteiger partial charge is 0.395 e. The predicted octanol–water partition coefficient (Wildman–Crippen LogP) is 3.15. The van der Waals surface area contributed by atoms with Crippen LogP contribution in [0, 0.1) is 11.7 Å². The molecule has 2 aromatic carbocycles. The Labute approximate surface area is 170 Å². The van der Waals surface area contributed by atoms with Crippen LogP contribution in [0.15, 0.2) is 67.0 Å². The Hall–Kier alpha value is -2.54. The summed E-state index contributed by atoms with van der Waals surface area (Å²) in [6.07, 6.45) is 4.53. The lowest BCUT2D eigenvalue weighted by Gasteiger charge is -2.28. The van der Waals surface area contributed by atoms with E-state index >= 15 is 0 Å². The van der Waals surface area contributed by atoms with Crippen molar-refractivity contribution in [1.82, 2.24) is 20.0 Å². The third-order valence-corrected chi connectivity index (χ3v) is 5.91. The molecule has 0 radical (unpaired) electrons. The minimum Gasteiger partial charge on any atom is -0.395 e. The van der Waals surface area contributed by atoms with E-state index in [0.29, 0.717) is 5.56 Å². The number of nitrogens with one attached hydrogen (secondary N) is 1. The second-order valence-corrected chi connectivity index (χ2v) is 7.71. The number of aromatic nitrogens is 2. The van der Waals surface area contributed by atoms with Gasteiger partial charge in [-0.3, -0.25) is 4.90 Å². The van der Waals surface area contributed by atoms with Gasteiger partial charge in [0.15, 0.2) is 0 Å². The highest BCUT2D eigenvalue weighted by molar-refractivity contribution is 5.33. The highest BCUT2D eigenvalue weighted by Gasteiger charge is 2.40. The number of rotatable bonds is 7. The van der Waals surface area contributed by atoms with Gasteiger partial charge in [-0.1, -0.05) is 30.3 Å². The van der Waals surface area contributed by atoms with E-state index in [1.165, 1.54) is 11.6 Å². The van der Waals surface area contributed by atoms with Crippen LogP contribution in [0.3, 0.4) is 0 Å². The van der Waals surface area contributed by atoms with Crippen LogP contribution in [-0.4, -0.2) is 46.0 Å². The summed E-state index contributed by atoms with van der Waals surface area (Å²) in [6, 6.07) is 17.2. The maximum Gasteiger partial charge on any atom is 0.127 e. The highest BCUT2D eigenvalue weighted by Crippen LogP contribution is 2.40. The van der Waals surface area contributed by atoms with Crippen molar-refractivity contribution in [3.05, 3.63) is 83.9 Å². The van der Waals surface area contributed by atoms with Crippen molar-refractivity contribution in [2.24, 2.45) is 5.92 Å². The summed E-state index contributed by atoms with van der Waals surface area (Å²) in [5.41, 5.74) is 2.93. The minimum absolute atomic E-state index is 0.0389. The van der Waals surface area contributed by atoms with E-state index in [0.717, 1.165) is 25.2 Å². The molecule has 0 aliphatic carbocycles. The van der Waals surface area contributed by atoms with E-state index in [1.54, 1.807) is 12.3 Å². The predicted molar refractivity (Wildman–Crippen MR) is 111 cm³/mol. The summed E-state index contributed by atoms with van der Waals surface area (Å²) in [6.45, 7) is 1.60. The normalized spacial score (nSPS) is 22.2. The first kappa shape index (κ1) is 19.8. The van der Waals surface area contributed by atoms with Gasteiger partial charge in [-0.15, -0.1) is 0 Å². The van der Waals surface area contributed by atoms with Crippen LogP contribution < -0.4 is 5.32 Å². The molecule has 2 heterocycles. The van der Waals surface area contributed by atoms with Gasteiger partial charge in [0.25, 0.3) is 0 Å². The third-order valence-electron chi connectivity index (χ3n) is 5.91. The molecule has 1 aliphatic rings. The van der Waals surface area contributed by atoms with Crippen molar-refractivity contribution in [1.29, 1.82) is 0 Å². The van der Waals surface area contributed by atoms with Crippen LogP contribution in [0.2, 0.25) is 0 Å². The van der Waals surface area contributed by atoms with E-state index in [4.69, 9.17) is 0 Å².